The SMILES string of the molecule is C#C.Fc1cc(F)c2c(c1)OCC2.Nc1nc2nc(O[C@@H]3CO[C@H]4[C@@H]3OC[C@H]4O)[nH]c2cc1Cl. The highest BCUT2D eigenvalue weighted by atomic mass is 35.5. The number of anilines is 1. The van der Waals surface area contributed by atoms with Crippen LogP contribution in [0.2, 0.25) is 5.02 Å². The maximum atomic E-state index is 12.8. The summed E-state index contributed by atoms with van der Waals surface area (Å²) in [5, 5.41) is 10.0. The average molecular weight is 495 g/mol. The maximum absolute atomic E-state index is 12.8. The Labute approximate surface area is 198 Å². The van der Waals surface area contributed by atoms with Crippen molar-refractivity contribution in [1.82, 2.24) is 15.0 Å². The van der Waals surface area contributed by atoms with Crippen LogP contribution in [0.25, 0.3) is 11.2 Å². The number of hydrogen-bond donors (Lipinski definition) is 3. The van der Waals surface area contributed by atoms with E-state index in [0.29, 0.717) is 53.1 Å². The number of aliphatic hydroxyl groups excluding tert-OH is 1. The second kappa shape index (κ2) is 9.99. The molecule has 180 valence electrons. The molecule has 1 aromatic carbocycles. The van der Waals surface area contributed by atoms with Crippen molar-refractivity contribution in [1.29, 1.82) is 0 Å². The monoisotopic (exact) mass is 494 g/mol. The van der Waals surface area contributed by atoms with Gasteiger partial charge in [-0.1, -0.05) is 11.6 Å². The van der Waals surface area contributed by atoms with E-state index in [1.165, 1.54) is 6.07 Å². The van der Waals surface area contributed by atoms with Crippen molar-refractivity contribution < 1.29 is 32.8 Å². The van der Waals surface area contributed by atoms with Gasteiger partial charge in [-0.3, -0.25) is 0 Å². The highest BCUT2D eigenvalue weighted by Gasteiger charge is 2.48. The Bertz CT molecular complexity index is 1170. The number of fused-ring (bicyclic) bond motifs is 3. The molecule has 0 radical (unpaired) electrons. The highest BCUT2D eigenvalue weighted by Crippen LogP contribution is 2.30. The van der Waals surface area contributed by atoms with E-state index in [4.69, 9.17) is 36.3 Å². The Morgan fingerprint density at radius 2 is 1.91 bits per heavy atom. The van der Waals surface area contributed by atoms with E-state index < -0.39 is 17.7 Å². The first-order valence-electron chi connectivity index (χ1n) is 10.2. The molecule has 0 aliphatic carbocycles. The summed E-state index contributed by atoms with van der Waals surface area (Å²) in [6.45, 7) is 1.04. The van der Waals surface area contributed by atoms with Gasteiger partial charge in [-0.2, -0.15) is 4.98 Å². The number of imidazole rings is 1. The van der Waals surface area contributed by atoms with E-state index in [-0.39, 0.29) is 30.7 Å². The topological polar surface area (TPSA) is 125 Å². The molecule has 12 heteroatoms. The van der Waals surface area contributed by atoms with Gasteiger partial charge >= 0.3 is 0 Å². The predicted molar refractivity (Wildman–Crippen MR) is 119 cm³/mol. The molecule has 0 unspecified atom stereocenters. The fourth-order valence-electron chi connectivity index (χ4n) is 3.87. The lowest BCUT2D eigenvalue weighted by atomic mass is 10.1. The van der Waals surface area contributed by atoms with E-state index in [0.717, 1.165) is 6.07 Å². The number of pyridine rings is 1. The number of hydrogen-bond acceptors (Lipinski definition) is 8. The van der Waals surface area contributed by atoms with Crippen molar-refractivity contribution in [2.45, 2.75) is 30.8 Å². The van der Waals surface area contributed by atoms with Gasteiger partial charge in [0.1, 0.15) is 41.5 Å². The standard InChI is InChI=1S/C12H13ClN4O4.C8H6F2O.C2H2/c13-4-1-5-11(16-10(4)14)17-12(15-5)21-7-3-20-8-6(18)2-19-9(7)8;9-5-3-7(10)6-1-2-11-8(6)4-5;1-2/h1,6-9,18H,2-3H2,(H3,14,15,16,17);3-4H,1-2H2;1-2H/t6-,7-,8-,9-;;/m1../s1. The van der Waals surface area contributed by atoms with Crippen molar-refractivity contribution in [2.24, 2.45) is 0 Å². The predicted octanol–water partition coefficient (Wildman–Crippen LogP) is 2.25. The molecule has 6 rings (SSSR count). The minimum absolute atomic E-state index is 0.216. The van der Waals surface area contributed by atoms with Gasteiger partial charge in [-0.25, -0.2) is 13.8 Å². The summed E-state index contributed by atoms with van der Waals surface area (Å²) in [5.74, 6) is -0.517. The number of nitrogens with zero attached hydrogens (tertiary/aromatic N) is 2. The molecule has 34 heavy (non-hydrogen) atoms. The van der Waals surface area contributed by atoms with Crippen LogP contribution in [0.5, 0.6) is 11.8 Å². The third-order valence-electron chi connectivity index (χ3n) is 5.41. The van der Waals surface area contributed by atoms with Crippen molar-refractivity contribution in [2.75, 3.05) is 25.6 Å². The quantitative estimate of drug-likeness (QED) is 0.463. The summed E-state index contributed by atoms with van der Waals surface area (Å²) in [4.78, 5) is 11.3. The number of nitrogens with one attached hydrogen (secondary N) is 1. The van der Waals surface area contributed by atoms with Gasteiger partial charge in [0, 0.05) is 24.1 Å². The summed E-state index contributed by atoms with van der Waals surface area (Å²) in [6.07, 6.45) is 6.96. The molecule has 0 spiro atoms. The number of terminal acetylenes is 1. The summed E-state index contributed by atoms with van der Waals surface area (Å²) >= 11 is 5.91. The molecule has 2 fully saturated rings. The van der Waals surface area contributed by atoms with Gasteiger partial charge in [0.25, 0.3) is 6.01 Å². The summed E-state index contributed by atoms with van der Waals surface area (Å²) in [7, 11) is 0. The molecular weight excluding hydrogens is 474 g/mol. The van der Waals surface area contributed by atoms with Crippen LogP contribution in [-0.4, -0.2) is 64.3 Å². The Hall–Kier alpha value is -3.17. The first-order chi connectivity index (χ1) is 16.4. The lowest BCUT2D eigenvalue weighted by Crippen LogP contribution is -2.34. The number of nitrogen functional groups attached to an aromatic ring is 1. The minimum Gasteiger partial charge on any atom is -0.493 e. The highest BCUT2D eigenvalue weighted by molar-refractivity contribution is 6.33. The van der Waals surface area contributed by atoms with Crippen LogP contribution in [-0.2, 0) is 15.9 Å². The second-order valence-corrected chi connectivity index (χ2v) is 7.96. The van der Waals surface area contributed by atoms with Gasteiger partial charge in [-0.05, 0) is 6.07 Å². The molecule has 4 atom stereocenters. The van der Waals surface area contributed by atoms with Gasteiger partial charge in [0.2, 0.25) is 0 Å². The van der Waals surface area contributed by atoms with Crippen LogP contribution in [0, 0.1) is 24.5 Å². The number of rotatable bonds is 2. The number of aliphatic hydroxyl groups is 1. The van der Waals surface area contributed by atoms with E-state index in [2.05, 4.69) is 27.8 Å². The normalized spacial score (nSPS) is 24.3. The number of aromatic nitrogens is 3. The van der Waals surface area contributed by atoms with Crippen LogP contribution < -0.4 is 15.2 Å². The largest absolute Gasteiger partial charge is 0.493 e. The number of ether oxygens (including phenoxy) is 4. The van der Waals surface area contributed by atoms with Crippen molar-refractivity contribution in [3.8, 4) is 24.6 Å². The summed E-state index contributed by atoms with van der Waals surface area (Å²) in [5.41, 5.74) is 7.19. The zero-order valence-corrected chi connectivity index (χ0v) is 18.5. The summed E-state index contributed by atoms with van der Waals surface area (Å²) < 4.78 is 47.0. The zero-order valence-electron chi connectivity index (χ0n) is 17.7. The van der Waals surface area contributed by atoms with Crippen LogP contribution in [0.3, 0.4) is 0 Å². The fourth-order valence-corrected chi connectivity index (χ4v) is 4.02. The van der Waals surface area contributed by atoms with Crippen molar-refractivity contribution in [3.63, 3.8) is 0 Å². The van der Waals surface area contributed by atoms with Gasteiger partial charge in [0.15, 0.2) is 11.8 Å². The number of benzene rings is 1. The van der Waals surface area contributed by atoms with Crippen LogP contribution in [0.4, 0.5) is 14.6 Å². The average Bonchev–Trinajstić information content (AvgIpc) is 3.58. The maximum Gasteiger partial charge on any atom is 0.296 e. The van der Waals surface area contributed by atoms with E-state index in [9.17, 15) is 13.9 Å². The first kappa shape index (κ1) is 24.0. The molecule has 2 aromatic heterocycles. The zero-order chi connectivity index (χ0) is 24.4. The molecule has 0 amide bonds. The van der Waals surface area contributed by atoms with Crippen molar-refractivity contribution in [3.05, 3.63) is 40.4 Å². The van der Waals surface area contributed by atoms with Gasteiger partial charge < -0.3 is 34.8 Å². The third kappa shape index (κ3) is 4.71. The number of H-pyrrole nitrogens is 1. The Kier molecular flexibility index (Phi) is 7.04. The molecule has 3 aliphatic rings. The van der Waals surface area contributed by atoms with Gasteiger partial charge in [-0.15, -0.1) is 12.8 Å². The number of halogens is 3. The van der Waals surface area contributed by atoms with Crippen molar-refractivity contribution >= 4 is 28.6 Å². The molecular formula is C22H21ClF2N4O5. The molecule has 2 saturated heterocycles. The lowest BCUT2D eigenvalue weighted by molar-refractivity contribution is 0.00706. The molecule has 0 saturated carbocycles. The first-order valence-corrected chi connectivity index (χ1v) is 10.6. The third-order valence-corrected chi connectivity index (χ3v) is 5.71. The molecule has 4 N–H and O–H groups in total. The van der Waals surface area contributed by atoms with Crippen LogP contribution in [0.15, 0.2) is 18.2 Å². The Balaban J connectivity index is 0.000000178. The van der Waals surface area contributed by atoms with E-state index in [1.807, 2.05) is 0 Å². The Morgan fingerprint density at radius 3 is 2.71 bits per heavy atom. The smallest absolute Gasteiger partial charge is 0.296 e. The molecule has 5 heterocycles. The fraction of sp³-hybridized carbons (Fsp3) is 0.364. The summed E-state index contributed by atoms with van der Waals surface area (Å²) in [6, 6.07) is 4.03. The molecule has 0 bridgehead atoms. The Morgan fingerprint density at radius 1 is 1.15 bits per heavy atom. The second-order valence-electron chi connectivity index (χ2n) is 7.55. The van der Waals surface area contributed by atoms with Gasteiger partial charge in [0.05, 0.1) is 30.4 Å². The molecule has 9 nitrogen and oxygen atoms in total. The van der Waals surface area contributed by atoms with E-state index >= 15 is 0 Å². The number of nitrogens with two attached hydrogens (primary N) is 1. The minimum atomic E-state index is -0.612. The molecule has 3 aliphatic heterocycles. The molecule has 3 aromatic rings. The lowest BCUT2D eigenvalue weighted by Gasteiger charge is -2.15. The van der Waals surface area contributed by atoms with E-state index in [1.54, 1.807) is 6.07 Å². The number of aromatic amines is 1. The van der Waals surface area contributed by atoms with Crippen LogP contribution in [0.1, 0.15) is 5.56 Å². The van der Waals surface area contributed by atoms with Crippen LogP contribution >= 0.6 is 11.6 Å².